The predicted molar refractivity (Wildman–Crippen MR) is 89.7 cm³/mol. The van der Waals surface area contributed by atoms with Gasteiger partial charge in [0.1, 0.15) is 12.5 Å². The van der Waals surface area contributed by atoms with E-state index in [-0.39, 0.29) is 18.6 Å². The zero-order valence-corrected chi connectivity index (χ0v) is 14.3. The van der Waals surface area contributed by atoms with Crippen molar-refractivity contribution in [1.29, 1.82) is 0 Å². The number of anilines is 1. The zero-order chi connectivity index (χ0) is 18.8. The highest BCUT2D eigenvalue weighted by Gasteiger charge is 2.33. The summed E-state index contributed by atoms with van der Waals surface area (Å²) in [6.45, 7) is 7.17. The summed E-state index contributed by atoms with van der Waals surface area (Å²) in [4.78, 5) is 46.9. The van der Waals surface area contributed by atoms with Gasteiger partial charge in [-0.05, 0) is 36.6 Å². The highest BCUT2D eigenvalue weighted by Crippen LogP contribution is 2.18. The highest BCUT2D eigenvalue weighted by atomic mass is 16.8. The van der Waals surface area contributed by atoms with Gasteiger partial charge >= 0.3 is 6.16 Å². The number of hydrogen-bond acceptors (Lipinski definition) is 7. The third-order valence-electron chi connectivity index (χ3n) is 3.28. The van der Waals surface area contributed by atoms with Gasteiger partial charge in [-0.2, -0.15) is 0 Å². The molecular formula is C17H22N2O6. The SMILES string of the molecule is C=O.CC(C)CCNc1ccc(OC(=O)ON2C(=O)CCC2=O)cc1. The van der Waals surface area contributed by atoms with E-state index in [4.69, 9.17) is 9.53 Å². The Bertz CT molecular complexity index is 584. The van der Waals surface area contributed by atoms with Crippen LogP contribution < -0.4 is 10.1 Å². The summed E-state index contributed by atoms with van der Waals surface area (Å²) in [6, 6.07) is 6.75. The Kier molecular flexibility index (Phi) is 8.11. The Balaban J connectivity index is 0.00000151. The van der Waals surface area contributed by atoms with Crippen LogP contribution in [-0.4, -0.2) is 36.4 Å². The molecule has 8 nitrogen and oxygen atoms in total. The molecule has 1 aliphatic heterocycles. The van der Waals surface area contributed by atoms with Crippen LogP contribution in [0.2, 0.25) is 0 Å². The molecule has 1 fully saturated rings. The number of carbonyl (C=O) groups excluding carboxylic acids is 4. The molecule has 2 rings (SSSR count). The topological polar surface area (TPSA) is 102 Å². The average Bonchev–Trinajstić information content (AvgIpc) is 2.90. The van der Waals surface area contributed by atoms with Crippen molar-refractivity contribution in [3.05, 3.63) is 24.3 Å². The van der Waals surface area contributed by atoms with Crippen LogP contribution in [0.3, 0.4) is 0 Å². The van der Waals surface area contributed by atoms with Crippen LogP contribution in [0.25, 0.3) is 0 Å². The smallest absolute Gasteiger partial charge is 0.393 e. The van der Waals surface area contributed by atoms with E-state index in [1.807, 2.05) is 6.79 Å². The molecule has 2 amide bonds. The van der Waals surface area contributed by atoms with Gasteiger partial charge in [-0.15, -0.1) is 0 Å². The molecular weight excluding hydrogens is 328 g/mol. The minimum Gasteiger partial charge on any atom is -0.393 e. The molecule has 0 spiro atoms. The van der Waals surface area contributed by atoms with Gasteiger partial charge in [0, 0.05) is 25.1 Å². The summed E-state index contributed by atoms with van der Waals surface area (Å²) in [5.41, 5.74) is 0.913. The fourth-order valence-electron chi connectivity index (χ4n) is 1.99. The molecule has 0 atom stereocenters. The number of rotatable bonds is 6. The Hall–Kier alpha value is -2.90. The maximum atomic E-state index is 11.6. The van der Waals surface area contributed by atoms with E-state index in [1.54, 1.807) is 24.3 Å². The fraction of sp³-hybridized carbons (Fsp3) is 0.412. The van der Waals surface area contributed by atoms with Gasteiger partial charge in [-0.3, -0.25) is 14.4 Å². The van der Waals surface area contributed by atoms with Crippen molar-refractivity contribution in [2.75, 3.05) is 11.9 Å². The first-order valence-corrected chi connectivity index (χ1v) is 7.84. The van der Waals surface area contributed by atoms with Gasteiger partial charge in [-0.1, -0.05) is 18.9 Å². The van der Waals surface area contributed by atoms with Crippen LogP contribution >= 0.6 is 0 Å². The lowest BCUT2D eigenvalue weighted by Gasteiger charge is -2.12. The molecule has 1 aromatic rings. The van der Waals surface area contributed by atoms with E-state index < -0.39 is 18.0 Å². The van der Waals surface area contributed by atoms with Crippen molar-refractivity contribution in [2.45, 2.75) is 33.1 Å². The molecule has 136 valence electrons. The van der Waals surface area contributed by atoms with E-state index in [0.29, 0.717) is 11.0 Å². The van der Waals surface area contributed by atoms with E-state index in [2.05, 4.69) is 24.0 Å². The van der Waals surface area contributed by atoms with Gasteiger partial charge in [0.15, 0.2) is 0 Å². The number of nitrogens with one attached hydrogen (secondary N) is 1. The Morgan fingerprint density at radius 1 is 1.16 bits per heavy atom. The Morgan fingerprint density at radius 3 is 2.24 bits per heavy atom. The molecule has 1 saturated heterocycles. The minimum atomic E-state index is -1.12. The van der Waals surface area contributed by atoms with Gasteiger partial charge < -0.3 is 14.8 Å². The molecule has 0 saturated carbocycles. The van der Waals surface area contributed by atoms with E-state index in [1.165, 1.54) is 0 Å². The summed E-state index contributed by atoms with van der Waals surface area (Å²) < 4.78 is 4.94. The minimum absolute atomic E-state index is 0.0445. The van der Waals surface area contributed by atoms with Gasteiger partial charge in [-0.25, -0.2) is 4.79 Å². The maximum absolute atomic E-state index is 11.6. The quantitative estimate of drug-likeness (QED) is 0.478. The number of imide groups is 1. The lowest BCUT2D eigenvalue weighted by Crippen LogP contribution is -2.33. The molecule has 0 aromatic heterocycles. The van der Waals surface area contributed by atoms with Crippen LogP contribution in [0.15, 0.2) is 24.3 Å². The van der Waals surface area contributed by atoms with Crippen LogP contribution in [0.1, 0.15) is 33.1 Å². The first kappa shape index (κ1) is 20.1. The van der Waals surface area contributed by atoms with Crippen LogP contribution in [-0.2, 0) is 19.2 Å². The summed E-state index contributed by atoms with van der Waals surface area (Å²) >= 11 is 0. The van der Waals surface area contributed by atoms with Crippen molar-refractivity contribution >= 4 is 30.4 Å². The fourth-order valence-corrected chi connectivity index (χ4v) is 1.99. The second kappa shape index (κ2) is 10.1. The molecule has 0 aliphatic carbocycles. The van der Waals surface area contributed by atoms with E-state index in [0.717, 1.165) is 18.7 Å². The molecule has 1 aliphatic rings. The lowest BCUT2D eigenvalue weighted by molar-refractivity contribution is -0.174. The third-order valence-corrected chi connectivity index (χ3v) is 3.28. The first-order valence-electron chi connectivity index (χ1n) is 7.84. The maximum Gasteiger partial charge on any atom is 0.539 e. The van der Waals surface area contributed by atoms with Gasteiger partial charge in [0.2, 0.25) is 0 Å². The van der Waals surface area contributed by atoms with Crippen molar-refractivity contribution in [1.82, 2.24) is 5.06 Å². The number of hydrogen-bond donors (Lipinski definition) is 1. The number of nitrogens with zero attached hydrogens (tertiary/aromatic N) is 1. The lowest BCUT2D eigenvalue weighted by atomic mass is 10.1. The Morgan fingerprint density at radius 2 is 1.72 bits per heavy atom. The number of ether oxygens (including phenoxy) is 1. The summed E-state index contributed by atoms with van der Waals surface area (Å²) in [7, 11) is 0. The molecule has 25 heavy (non-hydrogen) atoms. The summed E-state index contributed by atoms with van der Waals surface area (Å²) in [5.74, 6) is -0.201. The van der Waals surface area contributed by atoms with E-state index in [9.17, 15) is 14.4 Å². The van der Waals surface area contributed by atoms with Crippen LogP contribution in [0.4, 0.5) is 10.5 Å². The molecule has 0 bridgehead atoms. The molecule has 0 unspecified atom stereocenters. The second-order valence-electron chi connectivity index (χ2n) is 5.66. The van der Waals surface area contributed by atoms with Crippen molar-refractivity contribution in [2.24, 2.45) is 5.92 Å². The monoisotopic (exact) mass is 350 g/mol. The van der Waals surface area contributed by atoms with Crippen molar-refractivity contribution in [3.8, 4) is 5.75 Å². The molecule has 1 heterocycles. The molecule has 0 radical (unpaired) electrons. The standard InChI is InChI=1S/C16H20N2O5.CH2O/c1-11(2)9-10-17-12-3-5-13(6-4-12)22-16(21)23-18-14(19)7-8-15(18)20;1-2/h3-6,11,17H,7-10H2,1-2H3;1H2. The number of carbonyl (C=O) groups is 4. The molecule has 8 heteroatoms. The Labute approximate surface area is 146 Å². The highest BCUT2D eigenvalue weighted by molar-refractivity contribution is 6.01. The van der Waals surface area contributed by atoms with Crippen LogP contribution in [0, 0.1) is 5.92 Å². The number of hydroxylamine groups is 2. The average molecular weight is 350 g/mol. The first-order chi connectivity index (χ1) is 12.0. The van der Waals surface area contributed by atoms with Gasteiger partial charge in [0.05, 0.1) is 0 Å². The number of amides is 2. The normalized spacial score (nSPS) is 13.3. The second-order valence-corrected chi connectivity index (χ2v) is 5.66. The number of benzene rings is 1. The molecule has 1 N–H and O–H groups in total. The molecule has 1 aromatic carbocycles. The van der Waals surface area contributed by atoms with Crippen molar-refractivity contribution < 1.29 is 28.8 Å². The third kappa shape index (κ3) is 6.62. The van der Waals surface area contributed by atoms with Gasteiger partial charge in [0.25, 0.3) is 11.8 Å². The zero-order valence-electron chi connectivity index (χ0n) is 14.3. The van der Waals surface area contributed by atoms with Crippen molar-refractivity contribution in [3.63, 3.8) is 0 Å². The van der Waals surface area contributed by atoms with Crippen LogP contribution in [0.5, 0.6) is 5.75 Å². The summed E-state index contributed by atoms with van der Waals surface area (Å²) in [5, 5.41) is 3.71. The van der Waals surface area contributed by atoms with E-state index >= 15 is 0 Å². The predicted octanol–water partition coefficient (Wildman–Crippen LogP) is 2.54. The summed E-state index contributed by atoms with van der Waals surface area (Å²) in [6.07, 6.45) is 0.0304. The largest absolute Gasteiger partial charge is 0.539 e.